The number of nitrogens with zero attached hydrogens (tertiary/aromatic N) is 1. The van der Waals surface area contributed by atoms with Gasteiger partial charge < -0.3 is 14.6 Å². The van der Waals surface area contributed by atoms with Gasteiger partial charge in [0.05, 0.1) is 24.8 Å². The van der Waals surface area contributed by atoms with Crippen LogP contribution in [0.2, 0.25) is 0 Å². The highest BCUT2D eigenvalue weighted by Gasteiger charge is 2.47. The molecule has 1 atom stereocenters. The summed E-state index contributed by atoms with van der Waals surface area (Å²) in [6.45, 7) is 13.2. The molecule has 0 aromatic heterocycles. The molecule has 0 radical (unpaired) electrons. The monoisotopic (exact) mass is 527 g/mol. The second kappa shape index (κ2) is 11.8. The quantitative estimate of drug-likeness (QED) is 0.181. The molecule has 6 nitrogen and oxygen atoms in total. The van der Waals surface area contributed by atoms with Crippen molar-refractivity contribution in [2.75, 3.05) is 18.1 Å². The molecular weight excluding hydrogens is 490 g/mol. The van der Waals surface area contributed by atoms with Crippen molar-refractivity contribution in [3.8, 4) is 11.5 Å². The first-order valence-electron chi connectivity index (χ1n) is 13.5. The largest absolute Gasteiger partial charge is 0.507 e. The number of hydrogen-bond donors (Lipinski definition) is 1. The van der Waals surface area contributed by atoms with Crippen molar-refractivity contribution in [1.29, 1.82) is 0 Å². The number of Topliss-reactive ketones (excluding diaryl/α,β-unsaturated/α-hetero) is 1. The molecule has 39 heavy (non-hydrogen) atoms. The number of benzene rings is 3. The van der Waals surface area contributed by atoms with Crippen LogP contribution in [-0.4, -0.2) is 30.0 Å². The van der Waals surface area contributed by atoms with Crippen LogP contribution in [0.3, 0.4) is 0 Å². The van der Waals surface area contributed by atoms with Crippen molar-refractivity contribution in [3.63, 3.8) is 0 Å². The SMILES string of the molecule is CCOc1ccc(/C(O)=C2/C(=O)C(=O)N(c3ccc(OCC(C)C)cc3)C2c2cccc(C)c2)cc1C(C)C. The van der Waals surface area contributed by atoms with Gasteiger partial charge in [0.2, 0.25) is 0 Å². The van der Waals surface area contributed by atoms with Crippen molar-refractivity contribution < 1.29 is 24.2 Å². The fourth-order valence-corrected chi connectivity index (χ4v) is 4.81. The molecule has 1 amide bonds. The molecule has 1 N–H and O–H groups in total. The molecule has 1 unspecified atom stereocenters. The van der Waals surface area contributed by atoms with E-state index in [0.717, 1.165) is 22.4 Å². The van der Waals surface area contributed by atoms with Gasteiger partial charge in [0.15, 0.2) is 0 Å². The minimum Gasteiger partial charge on any atom is -0.507 e. The molecule has 6 heteroatoms. The summed E-state index contributed by atoms with van der Waals surface area (Å²) >= 11 is 0. The normalized spacial score (nSPS) is 16.8. The molecule has 0 saturated carbocycles. The molecule has 3 aromatic rings. The second-order valence-electron chi connectivity index (χ2n) is 10.6. The molecule has 1 fully saturated rings. The van der Waals surface area contributed by atoms with Crippen LogP contribution < -0.4 is 14.4 Å². The smallest absolute Gasteiger partial charge is 0.300 e. The van der Waals surface area contributed by atoms with E-state index < -0.39 is 17.7 Å². The molecule has 0 spiro atoms. The number of hydrogen-bond acceptors (Lipinski definition) is 5. The van der Waals surface area contributed by atoms with Gasteiger partial charge in [-0.25, -0.2) is 0 Å². The molecule has 4 rings (SSSR count). The molecule has 0 aliphatic carbocycles. The van der Waals surface area contributed by atoms with E-state index in [9.17, 15) is 14.7 Å². The molecular formula is C33H37NO5. The summed E-state index contributed by atoms with van der Waals surface area (Å²) in [5, 5.41) is 11.6. The van der Waals surface area contributed by atoms with E-state index in [1.165, 1.54) is 4.90 Å². The summed E-state index contributed by atoms with van der Waals surface area (Å²) in [5.41, 5.74) is 3.72. The summed E-state index contributed by atoms with van der Waals surface area (Å²) in [4.78, 5) is 28.5. The number of aliphatic hydroxyl groups excluding tert-OH is 1. The van der Waals surface area contributed by atoms with E-state index in [1.54, 1.807) is 30.3 Å². The molecule has 204 valence electrons. The summed E-state index contributed by atoms with van der Waals surface area (Å²) < 4.78 is 11.6. The lowest BCUT2D eigenvalue weighted by Gasteiger charge is -2.26. The Balaban J connectivity index is 1.85. The van der Waals surface area contributed by atoms with Gasteiger partial charge in [0, 0.05) is 11.3 Å². The van der Waals surface area contributed by atoms with Crippen LogP contribution in [0.1, 0.15) is 68.8 Å². The van der Waals surface area contributed by atoms with Gasteiger partial charge in [-0.3, -0.25) is 14.5 Å². The van der Waals surface area contributed by atoms with Gasteiger partial charge in [-0.15, -0.1) is 0 Å². The summed E-state index contributed by atoms with van der Waals surface area (Å²) in [7, 11) is 0. The topological polar surface area (TPSA) is 76.1 Å². The van der Waals surface area contributed by atoms with Gasteiger partial charge in [0.1, 0.15) is 17.3 Å². The molecule has 3 aromatic carbocycles. The highest BCUT2D eigenvalue weighted by molar-refractivity contribution is 6.51. The van der Waals surface area contributed by atoms with Crippen LogP contribution in [0.15, 0.2) is 72.3 Å². The Kier molecular flexibility index (Phi) is 8.44. The van der Waals surface area contributed by atoms with E-state index in [1.807, 2.05) is 64.1 Å². The van der Waals surface area contributed by atoms with Gasteiger partial charge >= 0.3 is 0 Å². The van der Waals surface area contributed by atoms with Crippen LogP contribution >= 0.6 is 0 Å². The van der Waals surface area contributed by atoms with Crippen molar-refractivity contribution in [3.05, 3.63) is 94.6 Å². The fourth-order valence-electron chi connectivity index (χ4n) is 4.81. The lowest BCUT2D eigenvalue weighted by molar-refractivity contribution is -0.132. The Hall–Kier alpha value is -4.06. The minimum atomic E-state index is -0.790. The standard InChI is InChI=1S/C33H37NO5/c1-7-38-28-16-11-24(18-27(28)21(4)5)31(35)29-30(23-10-8-9-22(6)17-23)34(33(37)32(29)36)25-12-14-26(15-13-25)39-19-20(2)3/h8-18,20-21,30,35H,7,19H2,1-6H3/b31-29-. The average Bonchev–Trinajstić information content (AvgIpc) is 3.17. The first-order valence-corrected chi connectivity index (χ1v) is 13.5. The summed E-state index contributed by atoms with van der Waals surface area (Å²) in [5.74, 6) is 0.317. The number of ketones is 1. The number of ether oxygens (including phenoxy) is 2. The fraction of sp³-hybridized carbons (Fsp3) is 0.333. The molecule has 1 heterocycles. The zero-order valence-corrected chi connectivity index (χ0v) is 23.5. The van der Waals surface area contributed by atoms with Crippen LogP contribution in [-0.2, 0) is 9.59 Å². The van der Waals surface area contributed by atoms with Crippen molar-refractivity contribution in [2.24, 2.45) is 5.92 Å². The minimum absolute atomic E-state index is 0.0598. The van der Waals surface area contributed by atoms with Crippen molar-refractivity contribution in [2.45, 2.75) is 53.5 Å². The predicted molar refractivity (Wildman–Crippen MR) is 154 cm³/mol. The summed E-state index contributed by atoms with van der Waals surface area (Å²) in [6.07, 6.45) is 0. The number of amides is 1. The second-order valence-corrected chi connectivity index (χ2v) is 10.6. The maximum absolute atomic E-state index is 13.5. The van der Waals surface area contributed by atoms with E-state index >= 15 is 0 Å². The van der Waals surface area contributed by atoms with Crippen molar-refractivity contribution >= 4 is 23.1 Å². The highest BCUT2D eigenvalue weighted by atomic mass is 16.5. The highest BCUT2D eigenvalue weighted by Crippen LogP contribution is 2.43. The van der Waals surface area contributed by atoms with Crippen molar-refractivity contribution in [1.82, 2.24) is 0 Å². The lowest BCUT2D eigenvalue weighted by Crippen LogP contribution is -2.29. The third-order valence-corrected chi connectivity index (χ3v) is 6.71. The van der Waals surface area contributed by atoms with Crippen LogP contribution in [0, 0.1) is 12.8 Å². The molecule has 1 aliphatic heterocycles. The Morgan fingerprint density at radius 1 is 0.949 bits per heavy atom. The maximum Gasteiger partial charge on any atom is 0.300 e. The van der Waals surface area contributed by atoms with Gasteiger partial charge in [-0.05, 0) is 79.3 Å². The molecule has 0 bridgehead atoms. The molecule has 1 saturated heterocycles. The molecule has 1 aliphatic rings. The third-order valence-electron chi connectivity index (χ3n) is 6.71. The van der Waals surface area contributed by atoms with Crippen LogP contribution in [0.4, 0.5) is 5.69 Å². The lowest BCUT2D eigenvalue weighted by atomic mass is 9.92. The van der Waals surface area contributed by atoms with Gasteiger partial charge in [-0.2, -0.15) is 0 Å². The maximum atomic E-state index is 13.5. The van der Waals surface area contributed by atoms with Crippen LogP contribution in [0.5, 0.6) is 11.5 Å². The number of carbonyl (C=O) groups excluding carboxylic acids is 2. The number of aryl methyl sites for hydroxylation is 1. The number of rotatable bonds is 9. The number of aliphatic hydroxyl groups is 1. The Bertz CT molecular complexity index is 1390. The van der Waals surface area contributed by atoms with Gasteiger partial charge in [-0.1, -0.05) is 57.5 Å². The first kappa shape index (κ1) is 28.0. The zero-order valence-electron chi connectivity index (χ0n) is 23.5. The third kappa shape index (κ3) is 5.85. The van der Waals surface area contributed by atoms with E-state index in [-0.39, 0.29) is 17.3 Å². The van der Waals surface area contributed by atoms with E-state index in [2.05, 4.69) is 13.8 Å². The Labute approximate surface area is 230 Å². The predicted octanol–water partition coefficient (Wildman–Crippen LogP) is 7.18. The van der Waals surface area contributed by atoms with Crippen LogP contribution in [0.25, 0.3) is 5.76 Å². The first-order chi connectivity index (χ1) is 18.6. The van der Waals surface area contributed by atoms with Gasteiger partial charge in [0.25, 0.3) is 11.7 Å². The zero-order chi connectivity index (χ0) is 28.3. The Morgan fingerprint density at radius 2 is 1.67 bits per heavy atom. The summed E-state index contributed by atoms with van der Waals surface area (Å²) in [6, 6.07) is 19.4. The number of carbonyl (C=O) groups is 2. The van der Waals surface area contributed by atoms with E-state index in [0.29, 0.717) is 36.1 Å². The number of anilines is 1. The van der Waals surface area contributed by atoms with E-state index in [4.69, 9.17) is 9.47 Å². The average molecular weight is 528 g/mol. The Morgan fingerprint density at radius 3 is 2.28 bits per heavy atom.